The Labute approximate surface area is 138 Å². The van der Waals surface area contributed by atoms with Crippen molar-refractivity contribution in [3.8, 4) is 0 Å². The van der Waals surface area contributed by atoms with Gasteiger partial charge in [0.25, 0.3) is 0 Å². The molecule has 0 saturated heterocycles. The van der Waals surface area contributed by atoms with Crippen molar-refractivity contribution in [1.29, 1.82) is 0 Å². The lowest BCUT2D eigenvalue weighted by Crippen LogP contribution is -2.10. The quantitative estimate of drug-likeness (QED) is 0.607. The average Bonchev–Trinajstić information content (AvgIpc) is 2.49. The Morgan fingerprint density at radius 3 is 2.39 bits per heavy atom. The second-order valence-corrected chi connectivity index (χ2v) is 6.69. The van der Waals surface area contributed by atoms with Crippen LogP contribution in [0, 0.1) is 5.82 Å². The predicted octanol–water partition coefficient (Wildman–Crippen LogP) is 6.03. The van der Waals surface area contributed by atoms with E-state index in [1.807, 2.05) is 0 Å². The van der Waals surface area contributed by atoms with Gasteiger partial charge in [-0.3, -0.25) is 4.79 Å². The average molecular weight is 312 g/mol. The monoisotopic (exact) mass is 312 g/mol. The first-order valence-corrected chi connectivity index (χ1v) is 8.15. The number of carbonyl (C=O) groups is 1. The Kier molecular flexibility index (Phi) is 5.70. The van der Waals surface area contributed by atoms with Crippen LogP contribution >= 0.6 is 0 Å². The van der Waals surface area contributed by atoms with Crippen LogP contribution in [0.15, 0.2) is 53.1 Å². The lowest BCUT2D eigenvalue weighted by atomic mass is 9.83. The van der Waals surface area contributed by atoms with Crippen LogP contribution in [0.5, 0.6) is 0 Å². The highest BCUT2D eigenvalue weighted by Crippen LogP contribution is 2.35. The van der Waals surface area contributed by atoms with Gasteiger partial charge in [0.05, 0.1) is 0 Å². The third-order valence-electron chi connectivity index (χ3n) is 4.53. The predicted molar refractivity (Wildman–Crippen MR) is 94.6 cm³/mol. The molecule has 1 aromatic rings. The maximum absolute atomic E-state index is 13.2. The van der Waals surface area contributed by atoms with E-state index in [0.717, 1.165) is 30.4 Å². The van der Waals surface area contributed by atoms with Crippen LogP contribution in [0.25, 0.3) is 5.57 Å². The number of rotatable bonds is 5. The molecule has 0 aliphatic heterocycles. The number of ketones is 1. The van der Waals surface area contributed by atoms with E-state index in [-0.39, 0.29) is 11.6 Å². The summed E-state index contributed by atoms with van der Waals surface area (Å²) >= 11 is 0. The van der Waals surface area contributed by atoms with E-state index in [9.17, 15) is 9.18 Å². The van der Waals surface area contributed by atoms with Gasteiger partial charge in [-0.1, -0.05) is 41.0 Å². The van der Waals surface area contributed by atoms with Crippen LogP contribution in [0.1, 0.15) is 58.4 Å². The molecule has 0 fully saturated rings. The van der Waals surface area contributed by atoms with Crippen LogP contribution in [-0.4, -0.2) is 5.78 Å². The molecule has 0 amide bonds. The van der Waals surface area contributed by atoms with Gasteiger partial charge >= 0.3 is 0 Å². The Morgan fingerprint density at radius 2 is 1.78 bits per heavy atom. The highest BCUT2D eigenvalue weighted by Gasteiger charge is 2.20. The largest absolute Gasteiger partial charge is 0.299 e. The van der Waals surface area contributed by atoms with Crippen molar-refractivity contribution in [2.24, 2.45) is 0 Å². The number of benzene rings is 1. The second-order valence-electron chi connectivity index (χ2n) is 6.69. The molecule has 0 heterocycles. The third kappa shape index (κ3) is 4.75. The molecule has 23 heavy (non-hydrogen) atoms. The summed E-state index contributed by atoms with van der Waals surface area (Å²) in [5.74, 6) is 0.0146. The summed E-state index contributed by atoms with van der Waals surface area (Å²) in [7, 11) is 0. The van der Waals surface area contributed by atoms with Gasteiger partial charge in [-0.15, -0.1) is 0 Å². The Morgan fingerprint density at radius 1 is 1.13 bits per heavy atom. The molecule has 0 unspecified atom stereocenters. The summed E-state index contributed by atoms with van der Waals surface area (Å²) in [5.41, 5.74) is 7.16. The zero-order valence-corrected chi connectivity index (χ0v) is 14.3. The first kappa shape index (κ1) is 17.4. The van der Waals surface area contributed by atoms with E-state index in [0.29, 0.717) is 12.8 Å². The van der Waals surface area contributed by atoms with E-state index in [2.05, 4.69) is 27.4 Å². The van der Waals surface area contributed by atoms with Gasteiger partial charge in [-0.25, -0.2) is 4.39 Å². The number of hydrogen-bond acceptors (Lipinski definition) is 1. The number of Topliss-reactive ketones (excluding diaryl/α,β-unsaturated/α-hetero) is 1. The maximum Gasteiger partial charge on any atom is 0.137 e. The van der Waals surface area contributed by atoms with Crippen molar-refractivity contribution in [3.05, 3.63) is 64.5 Å². The van der Waals surface area contributed by atoms with Gasteiger partial charge < -0.3 is 0 Å². The van der Waals surface area contributed by atoms with Crippen LogP contribution in [-0.2, 0) is 4.79 Å². The fraction of sp³-hybridized carbons (Fsp3) is 0.381. The van der Waals surface area contributed by atoms with Gasteiger partial charge in [0.1, 0.15) is 11.6 Å². The number of carbonyl (C=O) groups excluding carboxylic acids is 1. The van der Waals surface area contributed by atoms with E-state index < -0.39 is 0 Å². The van der Waals surface area contributed by atoms with Crippen LogP contribution in [0.3, 0.4) is 0 Å². The second kappa shape index (κ2) is 7.54. The number of hydrogen-bond donors (Lipinski definition) is 0. The number of allylic oxidation sites excluding steroid dienone is 5. The summed E-state index contributed by atoms with van der Waals surface area (Å²) < 4.78 is 13.2. The third-order valence-corrected chi connectivity index (χ3v) is 4.53. The molecule has 0 N–H and O–H groups in total. The highest BCUT2D eigenvalue weighted by atomic mass is 19.1. The molecule has 0 radical (unpaired) electrons. The van der Waals surface area contributed by atoms with Crippen LogP contribution in [0.2, 0.25) is 0 Å². The van der Waals surface area contributed by atoms with Gasteiger partial charge in [0.2, 0.25) is 0 Å². The molecule has 0 atom stereocenters. The molecule has 1 aliphatic rings. The van der Waals surface area contributed by atoms with Crippen molar-refractivity contribution in [2.75, 3.05) is 0 Å². The Hall–Kier alpha value is -1.96. The van der Waals surface area contributed by atoms with E-state index >= 15 is 0 Å². The van der Waals surface area contributed by atoms with Gasteiger partial charge in [-0.05, 0) is 63.3 Å². The van der Waals surface area contributed by atoms with Crippen molar-refractivity contribution >= 4 is 11.4 Å². The Bertz CT molecular complexity index is 670. The summed E-state index contributed by atoms with van der Waals surface area (Å²) in [5, 5.41) is 0. The van der Waals surface area contributed by atoms with Crippen molar-refractivity contribution in [3.63, 3.8) is 0 Å². The molecular weight excluding hydrogens is 287 g/mol. The summed E-state index contributed by atoms with van der Waals surface area (Å²) in [4.78, 5) is 11.9. The highest BCUT2D eigenvalue weighted by molar-refractivity contribution is 5.93. The van der Waals surface area contributed by atoms with E-state index in [1.54, 1.807) is 12.1 Å². The summed E-state index contributed by atoms with van der Waals surface area (Å²) in [6.45, 7) is 10.6. The van der Waals surface area contributed by atoms with Gasteiger partial charge in [0.15, 0.2) is 0 Å². The lowest BCUT2D eigenvalue weighted by Gasteiger charge is -2.21. The molecule has 2 rings (SSSR count). The molecule has 0 aromatic heterocycles. The summed E-state index contributed by atoms with van der Waals surface area (Å²) in [6.07, 6.45) is 3.57. The lowest BCUT2D eigenvalue weighted by molar-refractivity contribution is -0.118. The molecule has 0 saturated carbocycles. The number of halogens is 1. The topological polar surface area (TPSA) is 17.1 Å². The minimum Gasteiger partial charge on any atom is -0.299 e. The van der Waals surface area contributed by atoms with Gasteiger partial charge in [0, 0.05) is 12.8 Å². The molecule has 0 bridgehead atoms. The fourth-order valence-electron chi connectivity index (χ4n) is 2.92. The Balaban J connectivity index is 2.25. The van der Waals surface area contributed by atoms with Crippen molar-refractivity contribution < 1.29 is 9.18 Å². The molecule has 1 aliphatic carbocycles. The molecule has 2 heteroatoms. The van der Waals surface area contributed by atoms with E-state index in [4.69, 9.17) is 0 Å². The zero-order valence-electron chi connectivity index (χ0n) is 14.3. The normalized spacial score (nSPS) is 14.9. The molecule has 1 aromatic carbocycles. The van der Waals surface area contributed by atoms with Gasteiger partial charge in [-0.2, -0.15) is 0 Å². The molecule has 0 spiro atoms. The minimum atomic E-state index is -0.248. The smallest absolute Gasteiger partial charge is 0.137 e. The zero-order chi connectivity index (χ0) is 17.0. The fourth-order valence-corrected chi connectivity index (χ4v) is 2.92. The first-order valence-electron chi connectivity index (χ1n) is 8.15. The molecule has 122 valence electrons. The molecule has 1 nitrogen and oxygen atoms in total. The SMILES string of the molecule is C=C(CC(C)=C(C)C)CC1=C(c2ccc(F)cc2)CC(=O)CC1. The standard InChI is InChI=1S/C21H25FO/c1-14(2)16(4)11-15(3)12-18-7-10-20(23)13-21(18)17-5-8-19(22)9-6-17/h5-6,8-9H,3,7,10-13H2,1-2,4H3. The molecular formula is C21H25FO. The van der Waals surface area contributed by atoms with E-state index in [1.165, 1.54) is 34.4 Å². The maximum atomic E-state index is 13.2. The van der Waals surface area contributed by atoms with Crippen LogP contribution in [0.4, 0.5) is 4.39 Å². The van der Waals surface area contributed by atoms with Crippen LogP contribution < -0.4 is 0 Å². The van der Waals surface area contributed by atoms with Crippen molar-refractivity contribution in [2.45, 2.75) is 52.9 Å². The summed E-state index contributed by atoms with van der Waals surface area (Å²) in [6, 6.07) is 6.46. The first-order chi connectivity index (χ1) is 10.9. The minimum absolute atomic E-state index is 0.248. The van der Waals surface area contributed by atoms with Crippen molar-refractivity contribution in [1.82, 2.24) is 0 Å².